The predicted molar refractivity (Wildman–Crippen MR) is 208 cm³/mol. The van der Waals surface area contributed by atoms with Gasteiger partial charge in [-0.2, -0.15) is 0 Å². The molecule has 1 saturated heterocycles. The van der Waals surface area contributed by atoms with Crippen LogP contribution >= 0.6 is 0 Å². The zero-order valence-electron chi connectivity index (χ0n) is 33.5. The second-order valence-electron chi connectivity index (χ2n) is 18.0. The number of rotatable bonds is 13. The van der Waals surface area contributed by atoms with Gasteiger partial charge in [0, 0.05) is 25.0 Å². The van der Waals surface area contributed by atoms with Gasteiger partial charge in [0.25, 0.3) is 0 Å². The minimum absolute atomic E-state index is 0.0655. The average Bonchev–Trinajstić information content (AvgIpc) is 3.02. The Labute approximate surface area is 306 Å². The van der Waals surface area contributed by atoms with Crippen molar-refractivity contribution in [1.82, 2.24) is 0 Å². The molecule has 50 heavy (non-hydrogen) atoms. The molecule has 2 aliphatic carbocycles. The van der Waals surface area contributed by atoms with Crippen LogP contribution in [-0.2, 0) is 23.1 Å². The lowest BCUT2D eigenvalue weighted by Gasteiger charge is -2.46. The molecule has 8 atom stereocenters. The number of esters is 1. The highest BCUT2D eigenvalue weighted by Crippen LogP contribution is 2.47. The monoisotopic (exact) mass is 728 g/mol. The maximum absolute atomic E-state index is 14.0. The summed E-state index contributed by atoms with van der Waals surface area (Å²) in [6, 6.07) is 7.45. The van der Waals surface area contributed by atoms with Crippen LogP contribution < -0.4 is 9.47 Å². The molecular formula is C41H68O7Si2. The first-order valence-electron chi connectivity index (χ1n) is 19.1. The van der Waals surface area contributed by atoms with E-state index in [2.05, 4.69) is 92.9 Å². The summed E-state index contributed by atoms with van der Waals surface area (Å²) < 4.78 is 38.5. The van der Waals surface area contributed by atoms with Crippen LogP contribution in [0.5, 0.6) is 11.5 Å². The summed E-state index contributed by atoms with van der Waals surface area (Å²) in [7, 11) is -2.34. The lowest BCUT2D eigenvalue weighted by atomic mass is 9.66. The van der Waals surface area contributed by atoms with E-state index >= 15 is 0 Å². The molecule has 4 rings (SSSR count). The highest BCUT2D eigenvalue weighted by atomic mass is 28.4. The Morgan fingerprint density at radius 3 is 2.20 bits per heavy atom. The van der Waals surface area contributed by atoms with Crippen LogP contribution in [0.3, 0.4) is 0 Å². The summed E-state index contributed by atoms with van der Waals surface area (Å²) >= 11 is 0. The summed E-state index contributed by atoms with van der Waals surface area (Å²) in [5, 5.41) is 0.248. The molecule has 1 unspecified atom stereocenters. The number of fused-ring (bicyclic) bond motifs is 1. The van der Waals surface area contributed by atoms with Gasteiger partial charge in [0.2, 0.25) is 0 Å². The summed E-state index contributed by atoms with van der Waals surface area (Å²) in [5.74, 6) is 1.52. The standard InChI is InChI=1S/C41H68O7Si2/c1-14-34(45-36-18-16-15-17-35(36)43-9)39(42)46-37-27-32(48-50(12,13)41(6,7)8)25-29-20-19-28(2)33(38(29)37)22-21-30-26-31(23-24-44-30)47-49(10,11)40(3,4)5/h15-20,25,28,30-34,37-38H,14,21-24,26-27H2,1-13H3/t28-,30+,31+,32+,33-,34?,37-,38-/m0/s1. The van der Waals surface area contributed by atoms with E-state index in [1.807, 2.05) is 31.2 Å². The van der Waals surface area contributed by atoms with Crippen molar-refractivity contribution >= 4 is 22.6 Å². The fourth-order valence-electron chi connectivity index (χ4n) is 7.13. The van der Waals surface area contributed by atoms with Crippen LogP contribution in [0.1, 0.15) is 93.9 Å². The summed E-state index contributed by atoms with van der Waals surface area (Å²) in [4.78, 5) is 14.0. The normalized spacial score (nSPS) is 28.3. The van der Waals surface area contributed by atoms with E-state index in [1.165, 1.54) is 5.57 Å². The second-order valence-corrected chi connectivity index (χ2v) is 27.5. The Balaban J connectivity index is 1.56. The Kier molecular flexibility index (Phi) is 13.4. The second kappa shape index (κ2) is 16.4. The molecule has 282 valence electrons. The zero-order valence-corrected chi connectivity index (χ0v) is 35.5. The molecule has 9 heteroatoms. The molecule has 0 saturated carbocycles. The van der Waals surface area contributed by atoms with E-state index in [4.69, 9.17) is 27.8 Å². The van der Waals surface area contributed by atoms with Gasteiger partial charge < -0.3 is 27.8 Å². The molecule has 0 N–H and O–H groups in total. The predicted octanol–water partition coefficient (Wildman–Crippen LogP) is 10.3. The van der Waals surface area contributed by atoms with Gasteiger partial charge in [-0.3, -0.25) is 0 Å². The van der Waals surface area contributed by atoms with Crippen molar-refractivity contribution in [3.63, 3.8) is 0 Å². The largest absolute Gasteiger partial charge is 0.493 e. The van der Waals surface area contributed by atoms with Crippen LogP contribution in [0.2, 0.25) is 36.3 Å². The molecule has 1 fully saturated rings. The number of methoxy groups -OCH3 is 1. The molecule has 7 nitrogen and oxygen atoms in total. The van der Waals surface area contributed by atoms with Gasteiger partial charge >= 0.3 is 5.97 Å². The lowest BCUT2D eigenvalue weighted by molar-refractivity contribution is -0.163. The molecule has 1 heterocycles. The van der Waals surface area contributed by atoms with E-state index in [-0.39, 0.29) is 46.4 Å². The van der Waals surface area contributed by atoms with Crippen molar-refractivity contribution in [2.24, 2.45) is 17.8 Å². The minimum Gasteiger partial charge on any atom is -0.493 e. The van der Waals surface area contributed by atoms with Crippen molar-refractivity contribution in [2.75, 3.05) is 13.7 Å². The van der Waals surface area contributed by atoms with Gasteiger partial charge in [-0.15, -0.1) is 0 Å². The van der Waals surface area contributed by atoms with Crippen LogP contribution in [0.25, 0.3) is 0 Å². The zero-order chi connectivity index (χ0) is 37.1. The van der Waals surface area contributed by atoms with Crippen molar-refractivity contribution in [3.05, 3.63) is 48.1 Å². The van der Waals surface area contributed by atoms with Gasteiger partial charge in [-0.1, -0.05) is 85.8 Å². The number of hydrogen-bond acceptors (Lipinski definition) is 7. The average molecular weight is 729 g/mol. The Morgan fingerprint density at radius 2 is 1.58 bits per heavy atom. The Morgan fingerprint density at radius 1 is 0.940 bits per heavy atom. The Hall–Kier alpha value is -1.92. The summed E-state index contributed by atoms with van der Waals surface area (Å²) in [5.41, 5.74) is 1.23. The number of carbonyl (C=O) groups is 1. The molecule has 0 bridgehead atoms. The third-order valence-electron chi connectivity index (χ3n) is 12.3. The van der Waals surface area contributed by atoms with Crippen molar-refractivity contribution in [3.8, 4) is 11.5 Å². The topological polar surface area (TPSA) is 72.5 Å². The minimum atomic E-state index is -2.09. The van der Waals surface area contributed by atoms with Gasteiger partial charge in [-0.25, -0.2) is 4.79 Å². The molecule has 1 aliphatic heterocycles. The smallest absolute Gasteiger partial charge is 0.347 e. The highest BCUT2D eigenvalue weighted by molar-refractivity contribution is 6.74. The molecule has 0 amide bonds. The van der Waals surface area contributed by atoms with E-state index in [9.17, 15) is 4.79 Å². The molecule has 0 aromatic heterocycles. The van der Waals surface area contributed by atoms with Crippen LogP contribution in [0, 0.1) is 17.8 Å². The molecule has 1 aromatic carbocycles. The van der Waals surface area contributed by atoms with E-state index < -0.39 is 22.7 Å². The van der Waals surface area contributed by atoms with Crippen molar-refractivity contribution < 1.29 is 32.6 Å². The molecule has 1 aromatic rings. The quantitative estimate of drug-likeness (QED) is 0.148. The molecular weight excluding hydrogens is 661 g/mol. The number of hydrogen-bond donors (Lipinski definition) is 0. The maximum atomic E-state index is 14.0. The van der Waals surface area contributed by atoms with E-state index in [1.54, 1.807) is 7.11 Å². The van der Waals surface area contributed by atoms with Crippen LogP contribution in [0.15, 0.2) is 48.1 Å². The summed E-state index contributed by atoms with van der Waals surface area (Å²) in [6.45, 7) is 28.0. The van der Waals surface area contributed by atoms with Crippen LogP contribution in [-0.4, -0.2) is 66.8 Å². The van der Waals surface area contributed by atoms with Crippen LogP contribution in [0.4, 0.5) is 0 Å². The van der Waals surface area contributed by atoms with Crippen molar-refractivity contribution in [2.45, 2.75) is 161 Å². The van der Waals surface area contributed by atoms with Gasteiger partial charge in [0.05, 0.1) is 19.3 Å². The van der Waals surface area contributed by atoms with E-state index in [0.29, 0.717) is 36.2 Å². The lowest BCUT2D eigenvalue weighted by Crippen LogP contribution is -2.49. The number of carbonyl (C=O) groups excluding carboxylic acids is 1. The SMILES string of the molecule is CCC(Oc1ccccc1OC)C(=O)O[C@H]1C[C@H](O[Si](C)(C)C(C)(C)C)C=C2C=C[C@H](C)[C@H](CC[C@@H]3C[C@H](O[Si](C)(C)C(C)(C)C)CCO3)[C@H]21. The van der Waals surface area contributed by atoms with Gasteiger partial charge in [-0.05, 0) is 97.9 Å². The molecule has 3 aliphatic rings. The third-order valence-corrected chi connectivity index (χ3v) is 21.3. The first kappa shape index (κ1) is 40.8. The maximum Gasteiger partial charge on any atom is 0.347 e. The van der Waals surface area contributed by atoms with Gasteiger partial charge in [0.1, 0.15) is 6.10 Å². The first-order valence-corrected chi connectivity index (χ1v) is 24.9. The highest BCUT2D eigenvalue weighted by Gasteiger charge is 2.46. The molecule has 0 spiro atoms. The Bertz CT molecular complexity index is 1340. The number of allylic oxidation sites excluding steroid dienone is 2. The number of para-hydroxylation sites is 2. The number of ether oxygens (including phenoxy) is 4. The fraction of sp³-hybridized carbons (Fsp3) is 0.732. The first-order chi connectivity index (χ1) is 23.3. The number of benzene rings is 1. The third kappa shape index (κ3) is 9.94. The fourth-order valence-corrected chi connectivity index (χ4v) is 9.80. The van der Waals surface area contributed by atoms with E-state index in [0.717, 1.165) is 32.3 Å². The molecule has 0 radical (unpaired) electrons. The van der Waals surface area contributed by atoms with Crippen molar-refractivity contribution in [1.29, 1.82) is 0 Å². The van der Waals surface area contributed by atoms with Gasteiger partial charge in [0.15, 0.2) is 34.2 Å². The summed E-state index contributed by atoms with van der Waals surface area (Å²) in [6.07, 6.45) is 11.1.